The molecule has 0 aliphatic carbocycles. The molecule has 0 spiro atoms. The molecule has 0 atom stereocenters. The number of carbonyl (C=O) groups is 2. The molecule has 2 aromatic carbocycles. The number of benzene rings is 2. The fourth-order valence-electron chi connectivity index (χ4n) is 4.46. The van der Waals surface area contributed by atoms with Gasteiger partial charge in [0.1, 0.15) is 11.5 Å². The summed E-state index contributed by atoms with van der Waals surface area (Å²) in [6.45, 7) is 3.71. The Morgan fingerprint density at radius 1 is 1.10 bits per heavy atom. The van der Waals surface area contributed by atoms with Crippen molar-refractivity contribution >= 4 is 17.5 Å². The third-order valence-electron chi connectivity index (χ3n) is 5.96. The number of likely N-dealkylation sites (tertiary alicyclic amines) is 1. The molecule has 0 N–H and O–H groups in total. The third kappa shape index (κ3) is 3.86. The van der Waals surface area contributed by atoms with Crippen molar-refractivity contribution < 1.29 is 19.1 Å². The van der Waals surface area contributed by atoms with Crippen molar-refractivity contribution in [1.29, 1.82) is 0 Å². The zero-order chi connectivity index (χ0) is 21.1. The van der Waals surface area contributed by atoms with E-state index >= 15 is 0 Å². The van der Waals surface area contributed by atoms with Gasteiger partial charge in [-0.2, -0.15) is 0 Å². The van der Waals surface area contributed by atoms with Gasteiger partial charge in [0.05, 0.1) is 19.3 Å². The minimum atomic E-state index is -0.0429. The fraction of sp³-hybridized carbons (Fsp3) is 0.417. The van der Waals surface area contributed by atoms with Crippen LogP contribution >= 0.6 is 0 Å². The van der Waals surface area contributed by atoms with Crippen LogP contribution < -0.4 is 14.4 Å². The maximum absolute atomic E-state index is 13.1. The number of rotatable bonds is 5. The van der Waals surface area contributed by atoms with Crippen LogP contribution in [0.4, 0.5) is 5.69 Å². The normalized spacial score (nSPS) is 16.9. The zero-order valence-corrected chi connectivity index (χ0v) is 17.6. The van der Waals surface area contributed by atoms with E-state index in [4.69, 9.17) is 9.47 Å². The van der Waals surface area contributed by atoms with Crippen LogP contribution in [0.3, 0.4) is 0 Å². The van der Waals surface area contributed by atoms with Gasteiger partial charge in [0.2, 0.25) is 5.91 Å². The minimum Gasteiger partial charge on any atom is -0.496 e. The summed E-state index contributed by atoms with van der Waals surface area (Å²) in [5, 5.41) is 0. The van der Waals surface area contributed by atoms with Gasteiger partial charge in [0, 0.05) is 37.3 Å². The summed E-state index contributed by atoms with van der Waals surface area (Å²) in [5.74, 6) is 1.35. The van der Waals surface area contributed by atoms with Crippen LogP contribution in [0.5, 0.6) is 11.5 Å². The van der Waals surface area contributed by atoms with Crippen molar-refractivity contribution in [2.24, 2.45) is 0 Å². The van der Waals surface area contributed by atoms with Crippen LogP contribution in [0.25, 0.3) is 0 Å². The van der Waals surface area contributed by atoms with Crippen molar-refractivity contribution in [3.8, 4) is 11.5 Å². The van der Waals surface area contributed by atoms with Gasteiger partial charge in [-0.15, -0.1) is 0 Å². The Bertz CT molecular complexity index is 935. The molecule has 6 heteroatoms. The molecule has 30 heavy (non-hydrogen) atoms. The lowest BCUT2D eigenvalue weighted by Gasteiger charge is -2.41. The highest BCUT2D eigenvalue weighted by Crippen LogP contribution is 2.33. The lowest BCUT2D eigenvalue weighted by Crippen LogP contribution is -2.50. The van der Waals surface area contributed by atoms with Crippen molar-refractivity contribution in [3.63, 3.8) is 0 Å². The first-order chi connectivity index (χ1) is 14.6. The monoisotopic (exact) mass is 408 g/mol. The molecule has 4 rings (SSSR count). The Hall–Kier alpha value is -3.02. The Morgan fingerprint density at radius 3 is 2.60 bits per heavy atom. The Balaban J connectivity index is 1.46. The van der Waals surface area contributed by atoms with Crippen LogP contribution in [-0.4, -0.2) is 49.6 Å². The summed E-state index contributed by atoms with van der Waals surface area (Å²) in [6, 6.07) is 13.6. The third-order valence-corrected chi connectivity index (χ3v) is 5.96. The van der Waals surface area contributed by atoms with E-state index in [1.807, 2.05) is 34.9 Å². The van der Waals surface area contributed by atoms with E-state index in [-0.39, 0.29) is 17.9 Å². The average Bonchev–Trinajstić information content (AvgIpc) is 2.79. The quantitative estimate of drug-likeness (QED) is 0.757. The number of piperidine rings is 1. The number of methoxy groups -OCH3 is 1. The Labute approximate surface area is 177 Å². The van der Waals surface area contributed by atoms with E-state index in [2.05, 4.69) is 6.07 Å². The molecule has 0 unspecified atom stereocenters. The second-order valence-corrected chi connectivity index (χ2v) is 7.71. The van der Waals surface area contributed by atoms with Crippen LogP contribution in [0.15, 0.2) is 42.5 Å². The lowest BCUT2D eigenvalue weighted by atomic mass is 9.95. The first-order valence-corrected chi connectivity index (χ1v) is 10.6. The van der Waals surface area contributed by atoms with E-state index < -0.39 is 0 Å². The molecule has 2 heterocycles. The van der Waals surface area contributed by atoms with Crippen molar-refractivity contribution in [2.75, 3.05) is 31.7 Å². The molecule has 2 aliphatic rings. The summed E-state index contributed by atoms with van der Waals surface area (Å²) in [4.78, 5) is 29.6. The minimum absolute atomic E-state index is 0.0429. The largest absolute Gasteiger partial charge is 0.496 e. The fourth-order valence-corrected chi connectivity index (χ4v) is 4.46. The number of nitrogens with zero attached hydrogens (tertiary/aromatic N) is 2. The lowest BCUT2D eigenvalue weighted by molar-refractivity contribution is -0.119. The number of carbonyl (C=O) groups excluding carboxylic acids is 2. The molecule has 0 radical (unpaired) electrons. The van der Waals surface area contributed by atoms with Crippen LogP contribution in [-0.2, 0) is 11.2 Å². The molecule has 1 fully saturated rings. The van der Waals surface area contributed by atoms with Gasteiger partial charge in [-0.1, -0.05) is 18.2 Å². The molecule has 0 saturated carbocycles. The standard InChI is InChI=1S/C24H28N2O4/c1-3-30-19-9-10-20(22(16-19)29-2)24(28)25-14-12-18(13-15-25)26-21-7-5-4-6-17(21)8-11-23(26)27/h4-7,9-10,16,18H,3,8,11-15H2,1-2H3. The van der Waals surface area contributed by atoms with E-state index in [1.165, 1.54) is 5.56 Å². The number of ether oxygens (including phenoxy) is 2. The van der Waals surface area contributed by atoms with E-state index in [0.29, 0.717) is 43.2 Å². The molecular weight excluding hydrogens is 380 g/mol. The predicted molar refractivity (Wildman–Crippen MR) is 115 cm³/mol. The Morgan fingerprint density at radius 2 is 1.87 bits per heavy atom. The van der Waals surface area contributed by atoms with Gasteiger partial charge in [-0.3, -0.25) is 9.59 Å². The molecule has 2 amide bonds. The van der Waals surface area contributed by atoms with Gasteiger partial charge >= 0.3 is 0 Å². The summed E-state index contributed by atoms with van der Waals surface area (Å²) in [7, 11) is 1.56. The average molecular weight is 408 g/mol. The summed E-state index contributed by atoms with van der Waals surface area (Å²) in [5.41, 5.74) is 2.81. The summed E-state index contributed by atoms with van der Waals surface area (Å²) < 4.78 is 10.9. The Kier molecular flexibility index (Phi) is 5.93. The van der Waals surface area contributed by atoms with Crippen LogP contribution in [0, 0.1) is 0 Å². The summed E-state index contributed by atoms with van der Waals surface area (Å²) in [6.07, 6.45) is 2.90. The molecule has 1 saturated heterocycles. The number of hydrogen-bond acceptors (Lipinski definition) is 4. The number of para-hydroxylation sites is 1. The number of hydrogen-bond donors (Lipinski definition) is 0. The smallest absolute Gasteiger partial charge is 0.257 e. The van der Waals surface area contributed by atoms with E-state index in [0.717, 1.165) is 24.9 Å². The topological polar surface area (TPSA) is 59.1 Å². The van der Waals surface area contributed by atoms with Crippen molar-refractivity contribution in [2.45, 2.75) is 38.6 Å². The van der Waals surface area contributed by atoms with Crippen LogP contribution in [0.2, 0.25) is 0 Å². The number of amides is 2. The maximum Gasteiger partial charge on any atom is 0.257 e. The van der Waals surface area contributed by atoms with E-state index in [1.54, 1.807) is 25.3 Å². The maximum atomic E-state index is 13.1. The highest BCUT2D eigenvalue weighted by molar-refractivity contribution is 5.98. The summed E-state index contributed by atoms with van der Waals surface area (Å²) >= 11 is 0. The van der Waals surface area contributed by atoms with Gasteiger partial charge in [-0.05, 0) is 49.9 Å². The highest BCUT2D eigenvalue weighted by atomic mass is 16.5. The van der Waals surface area contributed by atoms with Gasteiger partial charge < -0.3 is 19.3 Å². The van der Waals surface area contributed by atoms with Gasteiger partial charge in [0.25, 0.3) is 5.91 Å². The highest BCUT2D eigenvalue weighted by Gasteiger charge is 2.34. The second-order valence-electron chi connectivity index (χ2n) is 7.71. The predicted octanol–water partition coefficient (Wildman–Crippen LogP) is 3.68. The SMILES string of the molecule is CCOc1ccc(C(=O)N2CCC(N3C(=O)CCc4ccccc43)CC2)c(OC)c1. The van der Waals surface area contributed by atoms with Gasteiger partial charge in [0.15, 0.2) is 0 Å². The molecule has 6 nitrogen and oxygen atoms in total. The molecule has 0 bridgehead atoms. The molecular formula is C24H28N2O4. The second kappa shape index (κ2) is 8.78. The van der Waals surface area contributed by atoms with Crippen molar-refractivity contribution in [3.05, 3.63) is 53.6 Å². The molecule has 158 valence electrons. The molecule has 0 aromatic heterocycles. The van der Waals surface area contributed by atoms with E-state index in [9.17, 15) is 9.59 Å². The first kappa shape index (κ1) is 20.3. The van der Waals surface area contributed by atoms with Gasteiger partial charge in [-0.25, -0.2) is 0 Å². The molecule has 2 aromatic rings. The number of aryl methyl sites for hydroxylation is 1. The molecule has 2 aliphatic heterocycles. The van der Waals surface area contributed by atoms with Crippen molar-refractivity contribution in [1.82, 2.24) is 4.90 Å². The van der Waals surface area contributed by atoms with Crippen LogP contribution in [0.1, 0.15) is 42.1 Å². The number of anilines is 1. The number of fused-ring (bicyclic) bond motifs is 1. The first-order valence-electron chi connectivity index (χ1n) is 10.6. The zero-order valence-electron chi connectivity index (χ0n) is 17.6.